The molecule has 106 valence electrons. The number of amides is 1. The fourth-order valence-electron chi connectivity index (χ4n) is 1.74. The van der Waals surface area contributed by atoms with Crippen LogP contribution in [0.5, 0.6) is 0 Å². The predicted octanol–water partition coefficient (Wildman–Crippen LogP) is 3.02. The third-order valence-electron chi connectivity index (χ3n) is 4.09. The van der Waals surface area contributed by atoms with E-state index in [2.05, 4.69) is 12.2 Å². The highest BCUT2D eigenvalue weighted by Gasteiger charge is 2.40. The van der Waals surface area contributed by atoms with Crippen molar-refractivity contribution < 1.29 is 4.79 Å². The fourth-order valence-corrected chi connectivity index (χ4v) is 1.74. The van der Waals surface area contributed by atoms with Crippen LogP contribution in [-0.4, -0.2) is 11.4 Å². The van der Waals surface area contributed by atoms with Gasteiger partial charge in [-0.25, -0.2) is 0 Å². The highest BCUT2D eigenvalue weighted by Crippen LogP contribution is 2.29. The van der Waals surface area contributed by atoms with Gasteiger partial charge in [0.25, 0.3) is 0 Å². The number of carbonyl (C=O) groups excluding carboxylic acids is 1. The van der Waals surface area contributed by atoms with Crippen LogP contribution in [0.15, 0.2) is 30.3 Å². The topological polar surface area (TPSA) is 55.1 Å². The maximum Gasteiger partial charge on any atom is 0.227 e. The van der Waals surface area contributed by atoms with E-state index in [4.69, 9.17) is 5.73 Å². The highest BCUT2D eigenvalue weighted by molar-refractivity contribution is 5.83. The van der Waals surface area contributed by atoms with Gasteiger partial charge in [0.05, 0.1) is 11.5 Å². The lowest BCUT2D eigenvalue weighted by Gasteiger charge is -2.38. The Morgan fingerprint density at radius 2 is 1.74 bits per heavy atom. The van der Waals surface area contributed by atoms with Gasteiger partial charge in [0.1, 0.15) is 0 Å². The van der Waals surface area contributed by atoms with Crippen LogP contribution in [0.4, 0.5) is 0 Å². The molecule has 0 aromatic heterocycles. The maximum atomic E-state index is 12.5. The van der Waals surface area contributed by atoms with E-state index in [1.54, 1.807) is 0 Å². The molecule has 0 bridgehead atoms. The summed E-state index contributed by atoms with van der Waals surface area (Å²) in [4.78, 5) is 12.5. The molecule has 0 aliphatic heterocycles. The molecule has 0 spiro atoms. The minimum absolute atomic E-state index is 0.00398. The SMILES string of the molecule is CCC(NC(=O)C(C)(C)C(C)(C)N)c1ccccc1. The lowest BCUT2D eigenvalue weighted by Crippen LogP contribution is -2.55. The van der Waals surface area contributed by atoms with Gasteiger partial charge in [-0.3, -0.25) is 4.79 Å². The maximum absolute atomic E-state index is 12.5. The van der Waals surface area contributed by atoms with Crippen molar-refractivity contribution >= 4 is 5.91 Å². The van der Waals surface area contributed by atoms with Crippen LogP contribution in [0, 0.1) is 5.41 Å². The molecular weight excluding hydrogens is 236 g/mol. The normalized spacial score (nSPS) is 14.0. The smallest absolute Gasteiger partial charge is 0.227 e. The number of nitrogens with one attached hydrogen (secondary N) is 1. The molecule has 0 saturated carbocycles. The molecule has 1 unspecified atom stereocenters. The average Bonchev–Trinajstić information content (AvgIpc) is 2.35. The molecule has 1 atom stereocenters. The number of hydrogen-bond acceptors (Lipinski definition) is 2. The van der Waals surface area contributed by atoms with Gasteiger partial charge in [-0.05, 0) is 39.7 Å². The summed E-state index contributed by atoms with van der Waals surface area (Å²) in [6, 6.07) is 10.1. The number of hydrogen-bond donors (Lipinski definition) is 2. The van der Waals surface area contributed by atoms with Gasteiger partial charge in [0.2, 0.25) is 5.91 Å². The summed E-state index contributed by atoms with van der Waals surface area (Å²) < 4.78 is 0. The van der Waals surface area contributed by atoms with E-state index < -0.39 is 11.0 Å². The molecule has 19 heavy (non-hydrogen) atoms. The predicted molar refractivity (Wildman–Crippen MR) is 79.7 cm³/mol. The number of benzene rings is 1. The molecule has 0 heterocycles. The second-order valence-corrected chi connectivity index (χ2v) is 6.19. The van der Waals surface area contributed by atoms with Crippen LogP contribution in [0.2, 0.25) is 0 Å². The zero-order valence-corrected chi connectivity index (χ0v) is 12.7. The van der Waals surface area contributed by atoms with Crippen molar-refractivity contribution in [2.45, 2.75) is 52.6 Å². The highest BCUT2D eigenvalue weighted by atomic mass is 16.2. The standard InChI is InChI=1S/C16H26N2O/c1-6-13(12-10-8-7-9-11-12)18-14(19)15(2,3)16(4,5)17/h7-11,13H,6,17H2,1-5H3,(H,18,19). The molecule has 1 aromatic rings. The Bertz CT molecular complexity index is 418. The lowest BCUT2D eigenvalue weighted by molar-refractivity contribution is -0.133. The van der Waals surface area contributed by atoms with E-state index in [-0.39, 0.29) is 11.9 Å². The zero-order valence-electron chi connectivity index (χ0n) is 12.7. The van der Waals surface area contributed by atoms with Crippen molar-refractivity contribution in [3.05, 3.63) is 35.9 Å². The number of carbonyl (C=O) groups is 1. The van der Waals surface area contributed by atoms with E-state index in [0.29, 0.717) is 0 Å². The third-order valence-corrected chi connectivity index (χ3v) is 4.09. The minimum atomic E-state index is -0.616. The Morgan fingerprint density at radius 3 is 2.16 bits per heavy atom. The monoisotopic (exact) mass is 262 g/mol. The first kappa shape index (κ1) is 15.7. The molecule has 3 nitrogen and oxygen atoms in total. The van der Waals surface area contributed by atoms with Crippen LogP contribution >= 0.6 is 0 Å². The molecule has 3 heteroatoms. The molecule has 1 aromatic carbocycles. The molecular formula is C16H26N2O. The minimum Gasteiger partial charge on any atom is -0.349 e. The summed E-state index contributed by atoms with van der Waals surface area (Å²) in [5.41, 5.74) is 6.06. The van der Waals surface area contributed by atoms with Crippen molar-refractivity contribution in [3.63, 3.8) is 0 Å². The van der Waals surface area contributed by atoms with E-state index in [0.717, 1.165) is 12.0 Å². The van der Waals surface area contributed by atoms with Crippen LogP contribution in [0.3, 0.4) is 0 Å². The van der Waals surface area contributed by atoms with Crippen LogP contribution in [0.1, 0.15) is 52.6 Å². The molecule has 1 amide bonds. The van der Waals surface area contributed by atoms with Gasteiger partial charge in [0.15, 0.2) is 0 Å². The average molecular weight is 262 g/mol. The van der Waals surface area contributed by atoms with Gasteiger partial charge in [0, 0.05) is 5.54 Å². The first-order chi connectivity index (χ1) is 8.70. The first-order valence-corrected chi connectivity index (χ1v) is 6.85. The molecule has 0 fully saturated rings. The summed E-state index contributed by atoms with van der Waals surface area (Å²) in [5.74, 6) is -0.00398. The lowest BCUT2D eigenvalue weighted by atomic mass is 9.74. The Hall–Kier alpha value is -1.35. The van der Waals surface area contributed by atoms with Crippen molar-refractivity contribution in [1.29, 1.82) is 0 Å². The summed E-state index contributed by atoms with van der Waals surface area (Å²) in [6.07, 6.45) is 0.858. The second kappa shape index (κ2) is 5.74. The molecule has 0 aliphatic carbocycles. The molecule has 1 rings (SSSR count). The molecule has 3 N–H and O–H groups in total. The first-order valence-electron chi connectivity index (χ1n) is 6.85. The van der Waals surface area contributed by atoms with Crippen LogP contribution in [-0.2, 0) is 4.79 Å². The van der Waals surface area contributed by atoms with E-state index in [1.807, 2.05) is 58.0 Å². The van der Waals surface area contributed by atoms with Crippen molar-refractivity contribution in [2.75, 3.05) is 0 Å². The van der Waals surface area contributed by atoms with Crippen molar-refractivity contribution in [2.24, 2.45) is 11.1 Å². The Labute approximate surface area is 116 Å². The second-order valence-electron chi connectivity index (χ2n) is 6.19. The van der Waals surface area contributed by atoms with E-state index in [9.17, 15) is 4.79 Å². The number of nitrogens with two attached hydrogens (primary N) is 1. The van der Waals surface area contributed by atoms with E-state index >= 15 is 0 Å². The molecule has 0 aliphatic rings. The van der Waals surface area contributed by atoms with Crippen LogP contribution in [0.25, 0.3) is 0 Å². The zero-order chi connectivity index (χ0) is 14.7. The van der Waals surface area contributed by atoms with Crippen LogP contribution < -0.4 is 11.1 Å². The summed E-state index contributed by atoms with van der Waals surface area (Å²) >= 11 is 0. The fraction of sp³-hybridized carbons (Fsp3) is 0.562. The van der Waals surface area contributed by atoms with Gasteiger partial charge in [-0.15, -0.1) is 0 Å². The van der Waals surface area contributed by atoms with E-state index in [1.165, 1.54) is 0 Å². The van der Waals surface area contributed by atoms with Gasteiger partial charge in [-0.1, -0.05) is 37.3 Å². The molecule has 0 radical (unpaired) electrons. The van der Waals surface area contributed by atoms with Gasteiger partial charge in [-0.2, -0.15) is 0 Å². The summed E-state index contributed by atoms with van der Waals surface area (Å²) in [6.45, 7) is 9.62. The Morgan fingerprint density at radius 1 is 1.21 bits per heavy atom. The Balaban J connectivity index is 2.86. The number of rotatable bonds is 5. The van der Waals surface area contributed by atoms with Crippen molar-refractivity contribution in [3.8, 4) is 0 Å². The summed E-state index contributed by atoms with van der Waals surface area (Å²) in [7, 11) is 0. The summed E-state index contributed by atoms with van der Waals surface area (Å²) in [5, 5.41) is 3.11. The largest absolute Gasteiger partial charge is 0.349 e. The third kappa shape index (κ3) is 3.57. The Kier molecular flexibility index (Phi) is 4.75. The van der Waals surface area contributed by atoms with Gasteiger partial charge < -0.3 is 11.1 Å². The quantitative estimate of drug-likeness (QED) is 0.857. The van der Waals surface area contributed by atoms with Gasteiger partial charge >= 0.3 is 0 Å². The van der Waals surface area contributed by atoms with Crippen molar-refractivity contribution in [1.82, 2.24) is 5.32 Å². The molecule has 0 saturated heterocycles.